The molecule has 1 fully saturated rings. The van der Waals surface area contributed by atoms with Gasteiger partial charge in [-0.25, -0.2) is 0 Å². The maximum absolute atomic E-state index is 10.1. The summed E-state index contributed by atoms with van der Waals surface area (Å²) in [5, 5.41) is 10.1. The van der Waals surface area contributed by atoms with E-state index in [-0.39, 0.29) is 6.10 Å². The summed E-state index contributed by atoms with van der Waals surface area (Å²) < 4.78 is 0. The molecule has 1 unspecified atom stereocenters. The van der Waals surface area contributed by atoms with Crippen LogP contribution in [0.3, 0.4) is 0 Å². The molecule has 1 atom stereocenters. The topological polar surface area (TPSA) is 33.1 Å². The summed E-state index contributed by atoms with van der Waals surface area (Å²) >= 11 is 0. The van der Waals surface area contributed by atoms with E-state index >= 15 is 0 Å². The molecule has 0 bridgehead atoms. The highest BCUT2D eigenvalue weighted by Gasteiger charge is 2.24. The molecule has 0 saturated heterocycles. The van der Waals surface area contributed by atoms with Crippen LogP contribution in [0.5, 0.6) is 0 Å². The van der Waals surface area contributed by atoms with E-state index in [0.717, 1.165) is 24.1 Å². The second-order valence-electron chi connectivity index (χ2n) is 4.22. The molecule has 0 radical (unpaired) electrons. The van der Waals surface area contributed by atoms with Gasteiger partial charge in [-0.05, 0) is 37.3 Å². The lowest BCUT2D eigenvalue weighted by Gasteiger charge is -2.17. The molecule has 1 saturated carbocycles. The summed E-state index contributed by atoms with van der Waals surface area (Å²) in [5.41, 5.74) is 1.98. The van der Waals surface area contributed by atoms with Crippen molar-refractivity contribution in [2.45, 2.75) is 38.7 Å². The number of nitrogens with zero attached hydrogens (tertiary/aromatic N) is 1. The average Bonchev–Trinajstić information content (AvgIpc) is 2.71. The molecule has 2 nitrogen and oxygen atoms in total. The fourth-order valence-corrected chi connectivity index (χ4v) is 2.20. The molecule has 0 aromatic carbocycles. The third-order valence-corrected chi connectivity index (χ3v) is 3.12. The van der Waals surface area contributed by atoms with Crippen molar-refractivity contribution in [3.63, 3.8) is 0 Å². The number of aliphatic hydroxyl groups is 1. The van der Waals surface area contributed by atoms with Gasteiger partial charge in [0.15, 0.2) is 0 Å². The van der Waals surface area contributed by atoms with Crippen LogP contribution < -0.4 is 0 Å². The van der Waals surface area contributed by atoms with Crippen LogP contribution in [-0.4, -0.2) is 10.1 Å². The van der Waals surface area contributed by atoms with E-state index in [1.54, 1.807) is 6.20 Å². The lowest BCUT2D eigenvalue weighted by molar-refractivity contribution is 0.111. The molecule has 1 aromatic rings. The van der Waals surface area contributed by atoms with Crippen LogP contribution in [0, 0.1) is 12.8 Å². The highest BCUT2D eigenvalue weighted by molar-refractivity contribution is 5.16. The molecule has 0 aliphatic heterocycles. The Bertz CT molecular complexity index is 288. The molecule has 1 aliphatic rings. The van der Waals surface area contributed by atoms with Crippen molar-refractivity contribution in [1.29, 1.82) is 0 Å². The minimum absolute atomic E-state index is 0.300. The van der Waals surface area contributed by atoms with Crippen molar-refractivity contribution < 1.29 is 5.11 Å². The summed E-state index contributed by atoms with van der Waals surface area (Å²) in [7, 11) is 0. The zero-order valence-electron chi connectivity index (χ0n) is 8.61. The van der Waals surface area contributed by atoms with Gasteiger partial charge in [0.2, 0.25) is 0 Å². The van der Waals surface area contributed by atoms with E-state index in [9.17, 15) is 5.11 Å². The van der Waals surface area contributed by atoms with Crippen molar-refractivity contribution in [3.05, 3.63) is 29.6 Å². The van der Waals surface area contributed by atoms with Crippen LogP contribution in [0.1, 0.15) is 43.0 Å². The van der Waals surface area contributed by atoms with Gasteiger partial charge in [0.25, 0.3) is 0 Å². The Kier molecular flexibility index (Phi) is 2.82. The van der Waals surface area contributed by atoms with Crippen molar-refractivity contribution in [1.82, 2.24) is 4.98 Å². The Hall–Kier alpha value is -0.890. The quantitative estimate of drug-likeness (QED) is 0.779. The van der Waals surface area contributed by atoms with E-state index in [0.29, 0.717) is 5.92 Å². The molecule has 2 rings (SSSR count). The number of aryl methyl sites for hydroxylation is 1. The van der Waals surface area contributed by atoms with Crippen LogP contribution in [0.2, 0.25) is 0 Å². The Morgan fingerprint density at radius 3 is 2.64 bits per heavy atom. The maximum atomic E-state index is 10.1. The largest absolute Gasteiger partial charge is 0.388 e. The van der Waals surface area contributed by atoms with E-state index in [4.69, 9.17) is 0 Å². The van der Waals surface area contributed by atoms with Crippen molar-refractivity contribution in [2.75, 3.05) is 0 Å². The molecule has 1 aliphatic carbocycles. The third kappa shape index (κ3) is 1.95. The predicted octanol–water partition coefficient (Wildman–Crippen LogP) is 2.61. The summed E-state index contributed by atoms with van der Waals surface area (Å²) in [5.74, 6) is 0.458. The van der Waals surface area contributed by atoms with E-state index in [1.807, 2.05) is 19.1 Å². The van der Waals surface area contributed by atoms with Crippen molar-refractivity contribution in [2.24, 2.45) is 5.92 Å². The first-order valence-corrected chi connectivity index (χ1v) is 5.38. The van der Waals surface area contributed by atoms with Gasteiger partial charge in [-0.15, -0.1) is 0 Å². The molecule has 1 heterocycles. The SMILES string of the molecule is Cc1ccc(C(O)C2CCCC2)cn1. The van der Waals surface area contributed by atoms with Gasteiger partial charge < -0.3 is 5.11 Å². The highest BCUT2D eigenvalue weighted by Crippen LogP contribution is 2.35. The molecule has 0 amide bonds. The lowest BCUT2D eigenvalue weighted by Crippen LogP contribution is -2.09. The van der Waals surface area contributed by atoms with Crippen LogP contribution >= 0.6 is 0 Å². The minimum Gasteiger partial charge on any atom is -0.388 e. The zero-order chi connectivity index (χ0) is 9.97. The average molecular weight is 191 g/mol. The predicted molar refractivity (Wildman–Crippen MR) is 55.9 cm³/mol. The van der Waals surface area contributed by atoms with Crippen LogP contribution in [0.4, 0.5) is 0 Å². The van der Waals surface area contributed by atoms with Gasteiger partial charge in [0.1, 0.15) is 0 Å². The smallest absolute Gasteiger partial charge is 0.0833 e. The fourth-order valence-electron chi connectivity index (χ4n) is 2.20. The first kappa shape index (κ1) is 9.66. The molecule has 0 spiro atoms. The highest BCUT2D eigenvalue weighted by atomic mass is 16.3. The van der Waals surface area contributed by atoms with Crippen molar-refractivity contribution >= 4 is 0 Å². The molecule has 1 N–H and O–H groups in total. The Balaban J connectivity index is 2.09. The Labute approximate surface area is 85.0 Å². The minimum atomic E-state index is -0.300. The molecular formula is C12H17NO. The first-order valence-electron chi connectivity index (χ1n) is 5.38. The summed E-state index contributed by atoms with van der Waals surface area (Å²) in [4.78, 5) is 4.21. The van der Waals surface area contributed by atoms with Crippen LogP contribution in [0.15, 0.2) is 18.3 Å². The summed E-state index contributed by atoms with van der Waals surface area (Å²) in [6.07, 6.45) is 6.36. The number of rotatable bonds is 2. The second kappa shape index (κ2) is 4.09. The molecule has 2 heteroatoms. The normalized spacial score (nSPS) is 19.9. The number of aromatic nitrogens is 1. The van der Waals surface area contributed by atoms with Crippen LogP contribution in [0.25, 0.3) is 0 Å². The zero-order valence-corrected chi connectivity index (χ0v) is 8.61. The fraction of sp³-hybridized carbons (Fsp3) is 0.583. The van der Waals surface area contributed by atoms with Crippen LogP contribution in [-0.2, 0) is 0 Å². The van der Waals surface area contributed by atoms with Gasteiger partial charge in [-0.2, -0.15) is 0 Å². The number of hydrogen-bond donors (Lipinski definition) is 1. The van der Waals surface area contributed by atoms with E-state index < -0.39 is 0 Å². The van der Waals surface area contributed by atoms with Gasteiger partial charge in [-0.3, -0.25) is 4.98 Å². The molecular weight excluding hydrogens is 174 g/mol. The molecule has 1 aromatic heterocycles. The van der Waals surface area contributed by atoms with E-state index in [2.05, 4.69) is 4.98 Å². The lowest BCUT2D eigenvalue weighted by atomic mass is 9.95. The van der Waals surface area contributed by atoms with Gasteiger partial charge in [0, 0.05) is 11.9 Å². The second-order valence-corrected chi connectivity index (χ2v) is 4.22. The monoisotopic (exact) mass is 191 g/mol. The summed E-state index contributed by atoms with van der Waals surface area (Å²) in [6.45, 7) is 1.96. The van der Waals surface area contributed by atoms with E-state index in [1.165, 1.54) is 12.8 Å². The van der Waals surface area contributed by atoms with Crippen molar-refractivity contribution in [3.8, 4) is 0 Å². The molecule has 76 valence electrons. The summed E-state index contributed by atoms with van der Waals surface area (Å²) in [6, 6.07) is 3.96. The first-order chi connectivity index (χ1) is 6.77. The standard InChI is InChI=1S/C12H17NO/c1-9-6-7-11(8-13-9)12(14)10-4-2-3-5-10/h6-8,10,12,14H,2-5H2,1H3. The Morgan fingerprint density at radius 2 is 2.07 bits per heavy atom. The Morgan fingerprint density at radius 1 is 1.36 bits per heavy atom. The maximum Gasteiger partial charge on any atom is 0.0833 e. The van der Waals surface area contributed by atoms with Gasteiger partial charge >= 0.3 is 0 Å². The molecule has 14 heavy (non-hydrogen) atoms. The van der Waals surface area contributed by atoms with Gasteiger partial charge in [-0.1, -0.05) is 18.9 Å². The number of pyridine rings is 1. The third-order valence-electron chi connectivity index (χ3n) is 3.12. The van der Waals surface area contributed by atoms with Gasteiger partial charge in [0.05, 0.1) is 6.10 Å². The number of hydrogen-bond acceptors (Lipinski definition) is 2. The number of aliphatic hydroxyl groups excluding tert-OH is 1.